The highest BCUT2D eigenvalue weighted by Gasteiger charge is 2.20. The van der Waals surface area contributed by atoms with Crippen molar-refractivity contribution in [2.24, 2.45) is 5.84 Å². The van der Waals surface area contributed by atoms with Gasteiger partial charge in [0.15, 0.2) is 0 Å². The third-order valence-electron chi connectivity index (χ3n) is 3.84. The van der Waals surface area contributed by atoms with Crippen LogP contribution in [0.3, 0.4) is 0 Å². The number of benzene rings is 1. The number of pyridine rings is 1. The molecule has 4 heteroatoms. The third-order valence-corrected chi connectivity index (χ3v) is 3.84. The Bertz CT molecular complexity index is 625. The van der Waals surface area contributed by atoms with E-state index in [2.05, 4.69) is 36.4 Å². The van der Waals surface area contributed by atoms with Crippen molar-refractivity contribution in [1.82, 2.24) is 10.4 Å². The Kier molecular flexibility index (Phi) is 4.94. The van der Waals surface area contributed by atoms with Gasteiger partial charge in [0, 0.05) is 6.20 Å². The normalized spacial score (nSPS) is 12.2. The summed E-state index contributed by atoms with van der Waals surface area (Å²) < 4.78 is 5.38. The number of aryl methyl sites for hydroxylation is 3. The van der Waals surface area contributed by atoms with Gasteiger partial charge in [-0.05, 0) is 54.7 Å². The summed E-state index contributed by atoms with van der Waals surface area (Å²) in [5.41, 5.74) is 8.45. The minimum atomic E-state index is -0.120. The molecule has 0 saturated carbocycles. The van der Waals surface area contributed by atoms with Crippen LogP contribution in [0.5, 0.6) is 5.75 Å². The maximum Gasteiger partial charge on any atom is 0.122 e. The van der Waals surface area contributed by atoms with Gasteiger partial charge in [-0.3, -0.25) is 10.8 Å². The molecule has 1 unspecified atom stereocenters. The Morgan fingerprint density at radius 1 is 1.29 bits per heavy atom. The second-order valence-electron chi connectivity index (χ2n) is 5.18. The largest absolute Gasteiger partial charge is 0.496 e. The number of ether oxygens (including phenoxy) is 1. The molecule has 112 valence electrons. The van der Waals surface area contributed by atoms with Crippen molar-refractivity contribution in [1.29, 1.82) is 0 Å². The molecular weight excluding hydrogens is 262 g/mol. The maximum atomic E-state index is 5.83. The van der Waals surface area contributed by atoms with Gasteiger partial charge in [-0.1, -0.05) is 19.1 Å². The Morgan fingerprint density at radius 2 is 2.05 bits per heavy atom. The third kappa shape index (κ3) is 3.06. The van der Waals surface area contributed by atoms with E-state index in [1.807, 2.05) is 25.3 Å². The zero-order valence-corrected chi connectivity index (χ0v) is 13.1. The second kappa shape index (κ2) is 6.70. The highest BCUT2D eigenvalue weighted by atomic mass is 16.5. The predicted octanol–water partition coefficient (Wildman–Crippen LogP) is 2.82. The molecule has 0 bridgehead atoms. The smallest absolute Gasteiger partial charge is 0.122 e. The molecule has 2 aromatic rings. The first-order valence-electron chi connectivity index (χ1n) is 7.17. The van der Waals surface area contributed by atoms with E-state index >= 15 is 0 Å². The fourth-order valence-electron chi connectivity index (χ4n) is 2.67. The number of hydrogen-bond donors (Lipinski definition) is 2. The molecular formula is C17H23N3O. The number of nitrogens with one attached hydrogen (secondary N) is 1. The van der Waals surface area contributed by atoms with Crippen molar-refractivity contribution >= 4 is 0 Å². The molecule has 0 aliphatic heterocycles. The molecule has 0 fully saturated rings. The number of methoxy groups -OCH3 is 1. The maximum absolute atomic E-state index is 5.83. The minimum absolute atomic E-state index is 0.120. The van der Waals surface area contributed by atoms with Crippen LogP contribution in [-0.4, -0.2) is 12.1 Å². The van der Waals surface area contributed by atoms with Gasteiger partial charge >= 0.3 is 0 Å². The van der Waals surface area contributed by atoms with E-state index in [1.165, 1.54) is 5.56 Å². The lowest BCUT2D eigenvalue weighted by atomic mass is 9.93. The van der Waals surface area contributed by atoms with Crippen molar-refractivity contribution in [2.45, 2.75) is 33.2 Å². The van der Waals surface area contributed by atoms with Crippen LogP contribution >= 0.6 is 0 Å². The first kappa shape index (κ1) is 15.5. The summed E-state index contributed by atoms with van der Waals surface area (Å²) in [6.07, 6.45) is 2.74. The highest BCUT2D eigenvalue weighted by molar-refractivity contribution is 5.45. The summed E-state index contributed by atoms with van der Waals surface area (Å²) in [7, 11) is 1.69. The number of aromatic nitrogens is 1. The summed E-state index contributed by atoms with van der Waals surface area (Å²) in [6, 6.07) is 8.10. The summed E-state index contributed by atoms with van der Waals surface area (Å²) in [4.78, 5) is 4.54. The number of hydrogen-bond acceptors (Lipinski definition) is 4. The molecule has 0 saturated heterocycles. The number of rotatable bonds is 5. The SMILES string of the molecule is CCc1cccnc1C(NN)c1cc(C)c(OC)cc1C. The molecule has 2 rings (SSSR count). The van der Waals surface area contributed by atoms with E-state index in [0.717, 1.165) is 34.6 Å². The Morgan fingerprint density at radius 3 is 2.67 bits per heavy atom. The lowest BCUT2D eigenvalue weighted by molar-refractivity contribution is 0.411. The first-order chi connectivity index (χ1) is 10.1. The molecule has 1 heterocycles. The minimum Gasteiger partial charge on any atom is -0.496 e. The van der Waals surface area contributed by atoms with Crippen LogP contribution in [0.15, 0.2) is 30.5 Å². The molecule has 3 N–H and O–H groups in total. The zero-order valence-electron chi connectivity index (χ0n) is 13.1. The topological polar surface area (TPSA) is 60.2 Å². The van der Waals surface area contributed by atoms with Crippen molar-refractivity contribution in [2.75, 3.05) is 7.11 Å². The predicted molar refractivity (Wildman–Crippen MR) is 85.2 cm³/mol. The molecule has 0 spiro atoms. The summed E-state index contributed by atoms with van der Waals surface area (Å²) in [5, 5.41) is 0. The fraction of sp³-hybridized carbons (Fsp3) is 0.353. The average molecular weight is 285 g/mol. The van der Waals surface area contributed by atoms with E-state index in [4.69, 9.17) is 10.6 Å². The van der Waals surface area contributed by atoms with Crippen molar-refractivity contribution in [3.63, 3.8) is 0 Å². The van der Waals surface area contributed by atoms with Crippen LogP contribution in [0.4, 0.5) is 0 Å². The van der Waals surface area contributed by atoms with E-state index in [-0.39, 0.29) is 6.04 Å². The van der Waals surface area contributed by atoms with Gasteiger partial charge in [0.2, 0.25) is 0 Å². The van der Waals surface area contributed by atoms with E-state index in [0.29, 0.717) is 0 Å². The van der Waals surface area contributed by atoms with Crippen LogP contribution in [0, 0.1) is 13.8 Å². The molecule has 21 heavy (non-hydrogen) atoms. The second-order valence-corrected chi connectivity index (χ2v) is 5.18. The zero-order chi connectivity index (χ0) is 15.4. The van der Waals surface area contributed by atoms with Gasteiger partial charge in [0.25, 0.3) is 0 Å². The van der Waals surface area contributed by atoms with E-state index < -0.39 is 0 Å². The Labute approximate surface area is 126 Å². The Balaban J connectivity index is 2.54. The van der Waals surface area contributed by atoms with Crippen molar-refractivity contribution in [3.8, 4) is 5.75 Å². The molecule has 0 aliphatic rings. The van der Waals surface area contributed by atoms with Gasteiger partial charge in [-0.15, -0.1) is 0 Å². The van der Waals surface area contributed by atoms with Gasteiger partial charge in [0.05, 0.1) is 18.8 Å². The standard InChI is InChI=1S/C17H23N3O/c1-5-13-7-6-8-19-16(13)17(20-18)14-9-12(3)15(21-4)10-11(14)2/h6-10,17,20H,5,18H2,1-4H3. The number of hydrazine groups is 1. The van der Waals surface area contributed by atoms with Gasteiger partial charge in [0.1, 0.15) is 5.75 Å². The first-order valence-corrected chi connectivity index (χ1v) is 7.17. The quantitative estimate of drug-likeness (QED) is 0.655. The van der Waals surface area contributed by atoms with E-state index in [9.17, 15) is 0 Å². The molecule has 0 aliphatic carbocycles. The summed E-state index contributed by atoms with van der Waals surface area (Å²) in [6.45, 7) is 6.23. The summed E-state index contributed by atoms with van der Waals surface area (Å²) in [5.74, 6) is 6.72. The van der Waals surface area contributed by atoms with Crippen molar-refractivity contribution < 1.29 is 4.74 Å². The fourth-order valence-corrected chi connectivity index (χ4v) is 2.67. The molecule has 1 aromatic carbocycles. The van der Waals surface area contributed by atoms with Gasteiger partial charge < -0.3 is 4.74 Å². The van der Waals surface area contributed by atoms with E-state index in [1.54, 1.807) is 7.11 Å². The Hall–Kier alpha value is -1.91. The van der Waals surface area contributed by atoms with Gasteiger partial charge in [-0.2, -0.15) is 0 Å². The van der Waals surface area contributed by atoms with Crippen LogP contribution in [0.2, 0.25) is 0 Å². The number of nitrogens with zero attached hydrogens (tertiary/aromatic N) is 1. The molecule has 4 nitrogen and oxygen atoms in total. The molecule has 1 aromatic heterocycles. The summed E-state index contributed by atoms with van der Waals surface area (Å²) >= 11 is 0. The van der Waals surface area contributed by atoms with Crippen LogP contribution < -0.4 is 16.0 Å². The monoisotopic (exact) mass is 285 g/mol. The van der Waals surface area contributed by atoms with Crippen LogP contribution in [0.25, 0.3) is 0 Å². The highest BCUT2D eigenvalue weighted by Crippen LogP contribution is 2.30. The van der Waals surface area contributed by atoms with Gasteiger partial charge in [-0.25, -0.2) is 5.43 Å². The van der Waals surface area contributed by atoms with Crippen LogP contribution in [-0.2, 0) is 6.42 Å². The number of nitrogens with two attached hydrogens (primary N) is 1. The van der Waals surface area contributed by atoms with Crippen LogP contribution in [0.1, 0.15) is 40.9 Å². The van der Waals surface area contributed by atoms with Crippen molar-refractivity contribution in [3.05, 3.63) is 58.4 Å². The molecule has 1 atom stereocenters. The lowest BCUT2D eigenvalue weighted by Gasteiger charge is -2.22. The lowest BCUT2D eigenvalue weighted by Crippen LogP contribution is -2.31. The molecule has 0 amide bonds. The molecule has 0 radical (unpaired) electrons. The average Bonchev–Trinajstić information content (AvgIpc) is 2.51.